The van der Waals surface area contributed by atoms with Crippen molar-refractivity contribution in [1.82, 2.24) is 5.32 Å². The molecule has 0 radical (unpaired) electrons. The second-order valence-electron chi connectivity index (χ2n) is 9.64. The molecular formula is C26H28BrN3O2S. The standard InChI is InChI=1S/C26H28BrN3O2S/c1-15(2)30-22-10-9-17(11-20(22)16(3)14-26(30,4)5)12-21-23(31)28-25(33)29(24(21)32)19-8-6-7-18(27)13-19/h6-13,15-16H,14H2,1-5H3,(H,28,31,33)/b21-12+. The number of nitrogens with zero attached hydrogens (tertiary/aromatic N) is 2. The number of thiocarbonyl (C=S) groups is 1. The van der Waals surface area contributed by atoms with Gasteiger partial charge < -0.3 is 4.90 Å². The van der Waals surface area contributed by atoms with Gasteiger partial charge in [0.2, 0.25) is 0 Å². The number of amides is 2. The minimum atomic E-state index is -0.480. The molecule has 4 rings (SSSR count). The number of rotatable bonds is 3. The van der Waals surface area contributed by atoms with Crippen molar-refractivity contribution in [2.75, 3.05) is 9.80 Å². The zero-order valence-electron chi connectivity index (χ0n) is 19.5. The van der Waals surface area contributed by atoms with E-state index < -0.39 is 11.8 Å². The van der Waals surface area contributed by atoms with E-state index in [1.807, 2.05) is 18.2 Å². The van der Waals surface area contributed by atoms with Crippen LogP contribution in [0.25, 0.3) is 6.08 Å². The maximum atomic E-state index is 13.3. The summed E-state index contributed by atoms with van der Waals surface area (Å²) < 4.78 is 0.819. The Bertz CT molecular complexity index is 1190. The summed E-state index contributed by atoms with van der Waals surface area (Å²) in [6.07, 6.45) is 2.69. The summed E-state index contributed by atoms with van der Waals surface area (Å²) >= 11 is 8.73. The first-order valence-electron chi connectivity index (χ1n) is 11.1. The summed E-state index contributed by atoms with van der Waals surface area (Å²) in [6.45, 7) is 11.2. The lowest BCUT2D eigenvalue weighted by Gasteiger charge is -2.50. The molecule has 2 aromatic carbocycles. The fraction of sp³-hybridized carbons (Fsp3) is 0.346. The Morgan fingerprint density at radius 2 is 1.91 bits per heavy atom. The highest BCUT2D eigenvalue weighted by atomic mass is 79.9. The molecule has 1 fully saturated rings. The van der Waals surface area contributed by atoms with Crippen LogP contribution in [0.5, 0.6) is 0 Å². The molecule has 2 amide bonds. The van der Waals surface area contributed by atoms with Gasteiger partial charge in [0.05, 0.1) is 5.69 Å². The van der Waals surface area contributed by atoms with E-state index in [1.165, 1.54) is 16.2 Å². The van der Waals surface area contributed by atoms with E-state index in [0.29, 0.717) is 17.6 Å². The summed E-state index contributed by atoms with van der Waals surface area (Å²) in [6, 6.07) is 13.8. The monoisotopic (exact) mass is 525 g/mol. The summed E-state index contributed by atoms with van der Waals surface area (Å²) in [4.78, 5) is 29.9. The van der Waals surface area contributed by atoms with Gasteiger partial charge in [-0.15, -0.1) is 0 Å². The number of carbonyl (C=O) groups excluding carboxylic acids is 2. The zero-order chi connectivity index (χ0) is 24.1. The van der Waals surface area contributed by atoms with Crippen LogP contribution < -0.4 is 15.1 Å². The quantitative estimate of drug-likeness (QED) is 0.313. The average Bonchev–Trinajstić information content (AvgIpc) is 2.70. The minimum Gasteiger partial charge on any atom is -0.364 e. The Morgan fingerprint density at radius 1 is 1.18 bits per heavy atom. The molecule has 7 heteroatoms. The molecule has 5 nitrogen and oxygen atoms in total. The predicted molar refractivity (Wildman–Crippen MR) is 142 cm³/mol. The zero-order valence-corrected chi connectivity index (χ0v) is 21.9. The lowest BCUT2D eigenvalue weighted by Crippen LogP contribution is -2.54. The van der Waals surface area contributed by atoms with Crippen molar-refractivity contribution in [3.05, 3.63) is 63.6 Å². The Labute approximate surface area is 209 Å². The molecule has 33 heavy (non-hydrogen) atoms. The SMILES string of the molecule is CC1CC(C)(C)N(C(C)C)c2ccc(/C=C3\C(=O)NC(=S)N(c4cccc(Br)c4)C3=O)cc21. The highest BCUT2D eigenvalue weighted by Gasteiger charge is 2.38. The van der Waals surface area contributed by atoms with E-state index >= 15 is 0 Å². The molecule has 0 aliphatic carbocycles. The Kier molecular flexibility index (Phi) is 6.22. The van der Waals surface area contributed by atoms with Gasteiger partial charge in [0.25, 0.3) is 11.8 Å². The topological polar surface area (TPSA) is 52.7 Å². The van der Waals surface area contributed by atoms with Gasteiger partial charge in [-0.2, -0.15) is 0 Å². The fourth-order valence-electron chi connectivity index (χ4n) is 5.21. The van der Waals surface area contributed by atoms with E-state index in [2.05, 4.69) is 72.9 Å². The van der Waals surface area contributed by atoms with E-state index in [4.69, 9.17) is 12.2 Å². The molecule has 2 aromatic rings. The van der Waals surface area contributed by atoms with Gasteiger partial charge in [-0.05, 0) is 99.8 Å². The molecule has 1 atom stereocenters. The third-order valence-electron chi connectivity index (χ3n) is 6.30. The number of hydrogen-bond donors (Lipinski definition) is 1. The molecule has 172 valence electrons. The number of benzene rings is 2. The number of fused-ring (bicyclic) bond motifs is 1. The maximum Gasteiger partial charge on any atom is 0.270 e. The smallest absolute Gasteiger partial charge is 0.270 e. The molecule has 1 N–H and O–H groups in total. The molecule has 1 unspecified atom stereocenters. The average molecular weight is 527 g/mol. The minimum absolute atomic E-state index is 0.0555. The predicted octanol–water partition coefficient (Wildman–Crippen LogP) is 5.78. The number of nitrogens with one attached hydrogen (secondary N) is 1. The number of anilines is 2. The number of halogens is 1. The van der Waals surface area contributed by atoms with E-state index in [-0.39, 0.29) is 16.2 Å². The Morgan fingerprint density at radius 3 is 2.58 bits per heavy atom. The first kappa shape index (κ1) is 23.6. The van der Waals surface area contributed by atoms with Gasteiger partial charge >= 0.3 is 0 Å². The third kappa shape index (κ3) is 4.36. The van der Waals surface area contributed by atoms with Gasteiger partial charge in [0.1, 0.15) is 5.57 Å². The molecule has 2 aliphatic heterocycles. The number of carbonyl (C=O) groups is 2. The first-order chi connectivity index (χ1) is 15.5. The van der Waals surface area contributed by atoms with Gasteiger partial charge in [-0.25, -0.2) is 0 Å². The van der Waals surface area contributed by atoms with Crippen LogP contribution in [0.2, 0.25) is 0 Å². The van der Waals surface area contributed by atoms with Crippen molar-refractivity contribution in [3.8, 4) is 0 Å². The molecular weight excluding hydrogens is 498 g/mol. The van der Waals surface area contributed by atoms with Crippen LogP contribution in [0.3, 0.4) is 0 Å². The summed E-state index contributed by atoms with van der Waals surface area (Å²) in [5, 5.41) is 2.74. The van der Waals surface area contributed by atoms with Crippen molar-refractivity contribution in [2.24, 2.45) is 0 Å². The van der Waals surface area contributed by atoms with Gasteiger partial charge in [-0.3, -0.25) is 19.8 Å². The summed E-state index contributed by atoms with van der Waals surface area (Å²) in [5.74, 6) is -0.547. The van der Waals surface area contributed by atoms with Crippen LogP contribution in [0.4, 0.5) is 11.4 Å². The lowest BCUT2D eigenvalue weighted by molar-refractivity contribution is -0.122. The van der Waals surface area contributed by atoms with Gasteiger partial charge in [-0.1, -0.05) is 35.0 Å². The van der Waals surface area contributed by atoms with E-state index in [0.717, 1.165) is 16.5 Å². The largest absolute Gasteiger partial charge is 0.364 e. The van der Waals surface area contributed by atoms with Crippen LogP contribution in [0.1, 0.15) is 58.1 Å². The second-order valence-corrected chi connectivity index (χ2v) is 10.9. The van der Waals surface area contributed by atoms with Crippen molar-refractivity contribution >= 4 is 62.5 Å². The van der Waals surface area contributed by atoms with Crippen molar-refractivity contribution in [3.63, 3.8) is 0 Å². The second kappa shape index (κ2) is 8.69. The summed E-state index contributed by atoms with van der Waals surface area (Å²) in [5.41, 5.74) is 3.99. The molecule has 0 bridgehead atoms. The van der Waals surface area contributed by atoms with Crippen LogP contribution in [-0.4, -0.2) is 28.5 Å². The third-order valence-corrected chi connectivity index (χ3v) is 7.07. The summed E-state index contributed by atoms with van der Waals surface area (Å²) in [7, 11) is 0. The molecule has 1 saturated heterocycles. The molecule has 0 aromatic heterocycles. The highest BCUT2D eigenvalue weighted by Crippen LogP contribution is 2.44. The van der Waals surface area contributed by atoms with E-state index in [1.54, 1.807) is 18.2 Å². The van der Waals surface area contributed by atoms with Crippen molar-refractivity contribution in [2.45, 2.75) is 58.5 Å². The van der Waals surface area contributed by atoms with Gasteiger partial charge in [0.15, 0.2) is 5.11 Å². The normalized spacial score (nSPS) is 21.5. The van der Waals surface area contributed by atoms with Gasteiger partial charge in [0, 0.05) is 21.7 Å². The van der Waals surface area contributed by atoms with Crippen molar-refractivity contribution < 1.29 is 9.59 Å². The van der Waals surface area contributed by atoms with E-state index in [9.17, 15) is 9.59 Å². The maximum absolute atomic E-state index is 13.3. The first-order valence-corrected chi connectivity index (χ1v) is 12.3. The lowest BCUT2D eigenvalue weighted by atomic mass is 9.78. The van der Waals surface area contributed by atoms with Crippen LogP contribution in [0, 0.1) is 0 Å². The van der Waals surface area contributed by atoms with Crippen LogP contribution in [0.15, 0.2) is 52.5 Å². The molecule has 0 saturated carbocycles. The van der Waals surface area contributed by atoms with Crippen molar-refractivity contribution in [1.29, 1.82) is 0 Å². The molecule has 2 aliphatic rings. The fourth-order valence-corrected chi connectivity index (χ4v) is 5.88. The molecule has 2 heterocycles. The number of hydrogen-bond acceptors (Lipinski definition) is 4. The van der Waals surface area contributed by atoms with Crippen LogP contribution >= 0.6 is 28.1 Å². The Balaban J connectivity index is 1.74. The van der Waals surface area contributed by atoms with Crippen LogP contribution in [-0.2, 0) is 9.59 Å². The Hall–Kier alpha value is -2.51. The highest BCUT2D eigenvalue weighted by molar-refractivity contribution is 9.10. The molecule has 0 spiro atoms.